The number of aromatic nitrogens is 4. The molecule has 132 valence electrons. The SMILES string of the molecule is COc1cccc(OC)c1-c1nn2c(Cc3ccccc3C)nnc2s1. The fraction of sp³-hybridized carbons (Fsp3) is 0.211. The van der Waals surface area contributed by atoms with E-state index >= 15 is 0 Å². The Hall–Kier alpha value is -2.93. The first-order valence-corrected chi connectivity index (χ1v) is 9.00. The molecule has 2 aromatic heterocycles. The summed E-state index contributed by atoms with van der Waals surface area (Å²) >= 11 is 1.46. The molecule has 26 heavy (non-hydrogen) atoms. The zero-order chi connectivity index (χ0) is 18.1. The van der Waals surface area contributed by atoms with E-state index in [0.717, 1.165) is 32.9 Å². The molecule has 0 bridgehead atoms. The van der Waals surface area contributed by atoms with Crippen molar-refractivity contribution in [2.75, 3.05) is 14.2 Å². The van der Waals surface area contributed by atoms with Gasteiger partial charge < -0.3 is 9.47 Å². The van der Waals surface area contributed by atoms with Crippen molar-refractivity contribution >= 4 is 16.3 Å². The fourth-order valence-corrected chi connectivity index (χ4v) is 3.82. The van der Waals surface area contributed by atoms with E-state index in [9.17, 15) is 0 Å². The van der Waals surface area contributed by atoms with Gasteiger partial charge in [0.25, 0.3) is 0 Å². The average molecular weight is 366 g/mol. The molecule has 0 N–H and O–H groups in total. The van der Waals surface area contributed by atoms with Gasteiger partial charge in [0, 0.05) is 6.42 Å². The fourth-order valence-electron chi connectivity index (χ4n) is 2.91. The lowest BCUT2D eigenvalue weighted by molar-refractivity contribution is 0.397. The maximum absolute atomic E-state index is 5.50. The number of benzene rings is 2. The summed E-state index contributed by atoms with van der Waals surface area (Å²) in [4.78, 5) is 0.747. The zero-order valence-electron chi connectivity index (χ0n) is 14.8. The molecule has 0 saturated carbocycles. The van der Waals surface area contributed by atoms with Gasteiger partial charge in [-0.1, -0.05) is 41.7 Å². The third-order valence-electron chi connectivity index (χ3n) is 4.31. The summed E-state index contributed by atoms with van der Waals surface area (Å²) in [6.07, 6.45) is 0.681. The first-order chi connectivity index (χ1) is 12.7. The Morgan fingerprint density at radius 3 is 2.38 bits per heavy atom. The minimum absolute atomic E-state index is 0.681. The number of methoxy groups -OCH3 is 2. The highest BCUT2D eigenvalue weighted by Gasteiger charge is 2.19. The first kappa shape index (κ1) is 16.5. The van der Waals surface area contributed by atoms with E-state index in [2.05, 4.69) is 29.3 Å². The predicted octanol–water partition coefficient (Wildman–Crippen LogP) is 3.77. The maximum atomic E-state index is 5.50. The second kappa shape index (κ2) is 6.76. The van der Waals surface area contributed by atoms with Crippen LogP contribution in [-0.2, 0) is 6.42 Å². The van der Waals surface area contributed by atoms with Gasteiger partial charge in [-0.2, -0.15) is 9.61 Å². The molecular weight excluding hydrogens is 348 g/mol. The van der Waals surface area contributed by atoms with Gasteiger partial charge in [-0.15, -0.1) is 10.2 Å². The quantitative estimate of drug-likeness (QED) is 0.538. The topological polar surface area (TPSA) is 61.5 Å². The van der Waals surface area contributed by atoms with Crippen molar-refractivity contribution in [3.05, 3.63) is 59.4 Å². The van der Waals surface area contributed by atoms with Crippen LogP contribution in [0.15, 0.2) is 42.5 Å². The second-order valence-electron chi connectivity index (χ2n) is 5.86. The number of nitrogens with zero attached hydrogens (tertiary/aromatic N) is 4. The lowest BCUT2D eigenvalue weighted by Gasteiger charge is -2.10. The number of aryl methyl sites for hydroxylation is 1. The van der Waals surface area contributed by atoms with Gasteiger partial charge in [0.1, 0.15) is 11.5 Å². The Balaban J connectivity index is 1.79. The number of ether oxygens (including phenoxy) is 2. The van der Waals surface area contributed by atoms with Crippen LogP contribution in [0, 0.1) is 6.92 Å². The monoisotopic (exact) mass is 366 g/mol. The van der Waals surface area contributed by atoms with Crippen molar-refractivity contribution in [1.29, 1.82) is 0 Å². The van der Waals surface area contributed by atoms with Crippen LogP contribution < -0.4 is 9.47 Å². The minimum atomic E-state index is 0.681. The summed E-state index contributed by atoms with van der Waals surface area (Å²) in [5, 5.41) is 14.1. The molecule has 4 rings (SSSR count). The summed E-state index contributed by atoms with van der Waals surface area (Å²) < 4.78 is 12.8. The van der Waals surface area contributed by atoms with Gasteiger partial charge in [0.05, 0.1) is 19.8 Å². The normalized spacial score (nSPS) is 11.0. The van der Waals surface area contributed by atoms with Crippen molar-refractivity contribution in [1.82, 2.24) is 19.8 Å². The molecular formula is C19H18N4O2S. The van der Waals surface area contributed by atoms with Gasteiger partial charge in [-0.05, 0) is 30.2 Å². The summed E-state index contributed by atoms with van der Waals surface area (Å²) in [7, 11) is 3.28. The maximum Gasteiger partial charge on any atom is 0.234 e. The van der Waals surface area contributed by atoms with E-state index < -0.39 is 0 Å². The summed E-state index contributed by atoms with van der Waals surface area (Å²) in [5.41, 5.74) is 3.27. The molecule has 6 nitrogen and oxygen atoms in total. The molecule has 0 aliphatic carbocycles. The standard InChI is InChI=1S/C19H18N4O2S/c1-12-7-4-5-8-13(12)11-16-20-21-19-23(16)22-18(26-19)17-14(24-2)9-6-10-15(17)25-3/h4-10H,11H2,1-3H3. The summed E-state index contributed by atoms with van der Waals surface area (Å²) in [6.45, 7) is 2.10. The number of fused-ring (bicyclic) bond motifs is 1. The lowest BCUT2D eigenvalue weighted by atomic mass is 10.1. The van der Waals surface area contributed by atoms with Crippen LogP contribution in [0.5, 0.6) is 11.5 Å². The van der Waals surface area contributed by atoms with Crippen LogP contribution >= 0.6 is 11.3 Å². The van der Waals surface area contributed by atoms with E-state index in [1.807, 2.05) is 30.3 Å². The van der Waals surface area contributed by atoms with E-state index in [4.69, 9.17) is 14.6 Å². The summed E-state index contributed by atoms with van der Waals surface area (Å²) in [5.74, 6) is 2.25. The van der Waals surface area contributed by atoms with Crippen LogP contribution in [-0.4, -0.2) is 34.0 Å². The van der Waals surface area contributed by atoms with Crippen molar-refractivity contribution in [2.45, 2.75) is 13.3 Å². The Kier molecular flexibility index (Phi) is 4.30. The second-order valence-corrected chi connectivity index (χ2v) is 6.81. The zero-order valence-corrected chi connectivity index (χ0v) is 15.6. The molecule has 4 aromatic rings. The van der Waals surface area contributed by atoms with Crippen LogP contribution in [0.2, 0.25) is 0 Å². The van der Waals surface area contributed by atoms with Crippen LogP contribution in [0.1, 0.15) is 17.0 Å². The average Bonchev–Trinajstić information content (AvgIpc) is 3.24. The third kappa shape index (κ3) is 2.80. The van der Waals surface area contributed by atoms with Gasteiger partial charge in [0.15, 0.2) is 10.8 Å². The number of rotatable bonds is 5. The van der Waals surface area contributed by atoms with Crippen LogP contribution in [0.4, 0.5) is 0 Å². The van der Waals surface area contributed by atoms with Gasteiger partial charge in [-0.25, -0.2) is 0 Å². The number of hydrogen-bond donors (Lipinski definition) is 0. The molecule has 0 radical (unpaired) electrons. The Morgan fingerprint density at radius 1 is 0.962 bits per heavy atom. The van der Waals surface area contributed by atoms with Gasteiger partial charge in [0.2, 0.25) is 4.96 Å². The highest BCUT2D eigenvalue weighted by molar-refractivity contribution is 7.19. The minimum Gasteiger partial charge on any atom is -0.496 e. The molecule has 2 heterocycles. The Morgan fingerprint density at radius 2 is 1.69 bits per heavy atom. The van der Waals surface area contributed by atoms with Crippen molar-refractivity contribution < 1.29 is 9.47 Å². The number of hydrogen-bond acceptors (Lipinski definition) is 6. The van der Waals surface area contributed by atoms with E-state index in [1.54, 1.807) is 18.7 Å². The Labute approximate surface area is 155 Å². The molecule has 0 fully saturated rings. The Bertz CT molecular complexity index is 1050. The molecule has 0 aliphatic heterocycles. The highest BCUT2D eigenvalue weighted by Crippen LogP contribution is 2.40. The smallest absolute Gasteiger partial charge is 0.234 e. The van der Waals surface area contributed by atoms with E-state index in [-0.39, 0.29) is 0 Å². The van der Waals surface area contributed by atoms with Crippen LogP contribution in [0.25, 0.3) is 15.5 Å². The van der Waals surface area contributed by atoms with E-state index in [1.165, 1.54) is 22.5 Å². The molecule has 2 aromatic carbocycles. The van der Waals surface area contributed by atoms with Crippen molar-refractivity contribution in [2.24, 2.45) is 0 Å². The van der Waals surface area contributed by atoms with E-state index in [0.29, 0.717) is 6.42 Å². The lowest BCUT2D eigenvalue weighted by Crippen LogP contribution is -2.00. The first-order valence-electron chi connectivity index (χ1n) is 8.18. The predicted molar refractivity (Wildman–Crippen MR) is 101 cm³/mol. The molecule has 0 spiro atoms. The highest BCUT2D eigenvalue weighted by atomic mass is 32.1. The third-order valence-corrected chi connectivity index (χ3v) is 5.22. The molecule has 0 amide bonds. The van der Waals surface area contributed by atoms with Crippen molar-refractivity contribution in [3.8, 4) is 22.1 Å². The molecule has 0 saturated heterocycles. The van der Waals surface area contributed by atoms with Gasteiger partial charge in [-0.3, -0.25) is 0 Å². The summed E-state index contributed by atoms with van der Waals surface area (Å²) in [6, 6.07) is 14.0. The molecule has 0 aliphatic rings. The molecule has 7 heteroatoms. The molecule has 0 unspecified atom stereocenters. The molecule has 0 atom stereocenters. The van der Waals surface area contributed by atoms with Crippen LogP contribution in [0.3, 0.4) is 0 Å². The van der Waals surface area contributed by atoms with Gasteiger partial charge >= 0.3 is 0 Å². The largest absolute Gasteiger partial charge is 0.496 e. The van der Waals surface area contributed by atoms with Crippen molar-refractivity contribution in [3.63, 3.8) is 0 Å².